The van der Waals surface area contributed by atoms with E-state index in [1.165, 1.54) is 5.57 Å². The van der Waals surface area contributed by atoms with E-state index in [1.807, 2.05) is 6.07 Å². The summed E-state index contributed by atoms with van der Waals surface area (Å²) in [6, 6.07) is 1.86. The highest BCUT2D eigenvalue weighted by Gasteiger charge is 2.39. The highest BCUT2D eigenvalue weighted by molar-refractivity contribution is 5.57. The minimum absolute atomic E-state index is 0.0986. The van der Waals surface area contributed by atoms with Gasteiger partial charge < -0.3 is 20.4 Å². The number of rotatable bonds is 5. The smallest absolute Gasteiger partial charge is 0.161 e. The van der Waals surface area contributed by atoms with Crippen molar-refractivity contribution in [3.05, 3.63) is 34.4 Å². The molecule has 0 heterocycles. The van der Waals surface area contributed by atoms with Crippen molar-refractivity contribution in [2.24, 2.45) is 5.92 Å². The fourth-order valence-corrected chi connectivity index (χ4v) is 3.96. The van der Waals surface area contributed by atoms with E-state index in [-0.39, 0.29) is 35.9 Å². The number of hydrogen-bond donors (Lipinski definition) is 4. The normalized spacial score (nSPS) is 24.3. The van der Waals surface area contributed by atoms with E-state index >= 15 is 0 Å². The Kier molecular flexibility index (Phi) is 5.94. The molecule has 134 valence electrons. The molecule has 1 aliphatic rings. The Labute approximate surface area is 144 Å². The minimum Gasteiger partial charge on any atom is -0.504 e. The highest BCUT2D eigenvalue weighted by Crippen LogP contribution is 2.50. The van der Waals surface area contributed by atoms with Crippen LogP contribution in [-0.4, -0.2) is 33.1 Å². The van der Waals surface area contributed by atoms with E-state index in [0.29, 0.717) is 17.5 Å². The van der Waals surface area contributed by atoms with Gasteiger partial charge in [0.05, 0.1) is 12.7 Å². The van der Waals surface area contributed by atoms with Crippen molar-refractivity contribution in [2.75, 3.05) is 6.61 Å². The zero-order valence-electron chi connectivity index (χ0n) is 15.1. The number of aliphatic hydroxyl groups is 2. The molecule has 4 heteroatoms. The van der Waals surface area contributed by atoms with Crippen molar-refractivity contribution in [2.45, 2.75) is 64.9 Å². The maximum Gasteiger partial charge on any atom is 0.161 e. The summed E-state index contributed by atoms with van der Waals surface area (Å²) in [4.78, 5) is 0. The first-order valence-corrected chi connectivity index (χ1v) is 8.75. The van der Waals surface area contributed by atoms with Gasteiger partial charge in [0.15, 0.2) is 11.5 Å². The average Bonchev–Trinajstić information content (AvgIpc) is 2.51. The van der Waals surface area contributed by atoms with Crippen molar-refractivity contribution in [1.29, 1.82) is 0 Å². The van der Waals surface area contributed by atoms with Crippen LogP contribution in [0.5, 0.6) is 11.5 Å². The highest BCUT2D eigenvalue weighted by atomic mass is 16.3. The Bertz CT molecular complexity index is 617. The summed E-state index contributed by atoms with van der Waals surface area (Å²) in [5.41, 5.74) is 3.35. The van der Waals surface area contributed by atoms with Crippen LogP contribution in [0.1, 0.15) is 68.6 Å². The van der Waals surface area contributed by atoms with E-state index in [9.17, 15) is 20.4 Å². The molecule has 1 aromatic carbocycles. The molecule has 0 fully saturated rings. The largest absolute Gasteiger partial charge is 0.504 e. The van der Waals surface area contributed by atoms with Crippen LogP contribution in [0.2, 0.25) is 0 Å². The number of allylic oxidation sites excluding steroid dienone is 2. The summed E-state index contributed by atoms with van der Waals surface area (Å²) < 4.78 is 0. The third-order valence-electron chi connectivity index (χ3n) is 5.25. The van der Waals surface area contributed by atoms with Crippen LogP contribution >= 0.6 is 0 Å². The Morgan fingerprint density at radius 3 is 2.54 bits per heavy atom. The van der Waals surface area contributed by atoms with Crippen molar-refractivity contribution in [3.63, 3.8) is 0 Å². The summed E-state index contributed by atoms with van der Waals surface area (Å²) in [6.07, 6.45) is 3.94. The quantitative estimate of drug-likeness (QED) is 0.489. The minimum atomic E-state index is -0.556. The third-order valence-corrected chi connectivity index (χ3v) is 5.25. The summed E-state index contributed by atoms with van der Waals surface area (Å²) in [5.74, 6) is -0.476. The van der Waals surface area contributed by atoms with Crippen LogP contribution < -0.4 is 0 Å². The molecule has 0 spiro atoms. The molecule has 4 atom stereocenters. The number of phenolic OH excluding ortho intramolecular Hbond substituents is 2. The van der Waals surface area contributed by atoms with Crippen molar-refractivity contribution in [1.82, 2.24) is 0 Å². The first kappa shape index (κ1) is 18.8. The van der Waals surface area contributed by atoms with E-state index in [0.717, 1.165) is 18.4 Å². The van der Waals surface area contributed by atoms with Crippen LogP contribution in [0, 0.1) is 12.8 Å². The number of aryl methyl sites for hydroxylation is 1. The summed E-state index contributed by atoms with van der Waals surface area (Å²) in [7, 11) is 0. The van der Waals surface area contributed by atoms with Gasteiger partial charge in [-0.25, -0.2) is 0 Å². The second-order valence-electron chi connectivity index (χ2n) is 7.44. The van der Waals surface area contributed by atoms with Crippen LogP contribution in [0.15, 0.2) is 17.7 Å². The molecule has 3 unspecified atom stereocenters. The zero-order chi connectivity index (χ0) is 18.0. The van der Waals surface area contributed by atoms with Gasteiger partial charge in [-0.3, -0.25) is 0 Å². The van der Waals surface area contributed by atoms with Crippen molar-refractivity contribution >= 4 is 0 Å². The lowest BCUT2D eigenvalue weighted by molar-refractivity contribution is 0.0780. The number of fused-ring (bicyclic) bond motifs is 1. The fraction of sp³-hybridized carbons (Fsp3) is 0.600. The Hall–Kier alpha value is -1.52. The van der Waals surface area contributed by atoms with Crippen molar-refractivity contribution in [3.8, 4) is 11.5 Å². The Morgan fingerprint density at radius 2 is 1.96 bits per heavy atom. The van der Waals surface area contributed by atoms with Gasteiger partial charge in [0.2, 0.25) is 0 Å². The monoisotopic (exact) mass is 334 g/mol. The van der Waals surface area contributed by atoms with Crippen LogP contribution in [-0.2, 0) is 0 Å². The number of phenols is 2. The summed E-state index contributed by atoms with van der Waals surface area (Å²) >= 11 is 0. The first-order valence-electron chi connectivity index (χ1n) is 8.75. The number of aromatic hydroxyl groups is 2. The maximum atomic E-state index is 10.7. The van der Waals surface area contributed by atoms with Gasteiger partial charge in [0, 0.05) is 17.4 Å². The lowest BCUT2D eigenvalue weighted by atomic mass is 9.69. The molecule has 2 rings (SSSR count). The summed E-state index contributed by atoms with van der Waals surface area (Å²) in [5, 5.41) is 40.8. The second-order valence-corrected chi connectivity index (χ2v) is 7.44. The molecule has 0 saturated heterocycles. The Balaban J connectivity index is 2.42. The van der Waals surface area contributed by atoms with E-state index < -0.39 is 6.10 Å². The molecule has 4 nitrogen and oxygen atoms in total. The van der Waals surface area contributed by atoms with Crippen LogP contribution in [0.25, 0.3) is 0 Å². The summed E-state index contributed by atoms with van der Waals surface area (Å²) in [6.45, 7) is 7.86. The molecule has 24 heavy (non-hydrogen) atoms. The molecule has 0 bridgehead atoms. The first-order chi connectivity index (χ1) is 11.3. The lowest BCUT2D eigenvalue weighted by Gasteiger charge is -2.39. The molecule has 1 aromatic rings. The molecule has 0 aromatic heterocycles. The second kappa shape index (κ2) is 7.58. The molecule has 0 radical (unpaired) electrons. The topological polar surface area (TPSA) is 80.9 Å². The molecule has 1 aliphatic carbocycles. The van der Waals surface area contributed by atoms with E-state index in [2.05, 4.69) is 26.8 Å². The fourth-order valence-electron chi connectivity index (χ4n) is 3.96. The van der Waals surface area contributed by atoms with Gasteiger partial charge in [-0.15, -0.1) is 0 Å². The predicted molar refractivity (Wildman–Crippen MR) is 95.5 cm³/mol. The molecule has 0 saturated carbocycles. The molecular weight excluding hydrogens is 304 g/mol. The van der Waals surface area contributed by atoms with Gasteiger partial charge in [-0.2, -0.15) is 0 Å². The Morgan fingerprint density at radius 1 is 1.29 bits per heavy atom. The van der Waals surface area contributed by atoms with Gasteiger partial charge in [0.25, 0.3) is 0 Å². The van der Waals surface area contributed by atoms with Gasteiger partial charge in [-0.05, 0) is 57.1 Å². The average molecular weight is 334 g/mol. The van der Waals surface area contributed by atoms with E-state index in [4.69, 9.17) is 0 Å². The third kappa shape index (κ3) is 3.60. The molecule has 4 N–H and O–H groups in total. The number of benzene rings is 1. The van der Waals surface area contributed by atoms with E-state index in [1.54, 1.807) is 6.92 Å². The molecular formula is C20H30O4. The van der Waals surface area contributed by atoms with Crippen LogP contribution in [0.4, 0.5) is 0 Å². The number of hydrogen-bond acceptors (Lipinski definition) is 4. The van der Waals surface area contributed by atoms with Crippen LogP contribution in [0.3, 0.4) is 0 Å². The van der Waals surface area contributed by atoms with Crippen molar-refractivity contribution < 1.29 is 20.4 Å². The zero-order valence-corrected chi connectivity index (χ0v) is 15.1. The standard InChI is InChI=1S/C20H30O4/c1-11(2)6-5-7-12(3)17-15-8-13(4)19(23)20(24)18(15)14(10-21)9-16(17)22/h6,8,12,14,16-17,21-24H,5,7,9-10H2,1-4H3/t12?,14-,16?,17?/m0/s1. The predicted octanol–water partition coefficient (Wildman–Crippen LogP) is 3.71. The van der Waals surface area contributed by atoms with Gasteiger partial charge in [-0.1, -0.05) is 24.6 Å². The van der Waals surface area contributed by atoms with Gasteiger partial charge in [0.1, 0.15) is 0 Å². The SMILES string of the molecule is CC(C)=CCCC(C)C1c2cc(C)c(O)c(O)c2[C@H](CO)CC1O. The molecule has 0 aliphatic heterocycles. The maximum absolute atomic E-state index is 10.7. The van der Waals surface area contributed by atoms with Gasteiger partial charge >= 0.3 is 0 Å². The lowest BCUT2D eigenvalue weighted by Crippen LogP contribution is -2.33. The number of aliphatic hydroxyl groups excluding tert-OH is 2. The molecule has 0 amide bonds.